The Morgan fingerprint density at radius 1 is 1.50 bits per heavy atom. The maximum Gasteiger partial charge on any atom is 0.316 e. The highest BCUT2D eigenvalue weighted by Crippen LogP contribution is 2.26. The SMILES string of the molecule is CCOC(=O)CSc1nnc(NC(=O)C(C)C2CNC2)s1.Cl. The van der Waals surface area contributed by atoms with Gasteiger partial charge in [0, 0.05) is 5.92 Å². The van der Waals surface area contributed by atoms with Crippen molar-refractivity contribution in [3.05, 3.63) is 0 Å². The predicted octanol–water partition coefficient (Wildman–Crippen LogP) is 1.41. The molecule has 0 bridgehead atoms. The third-order valence-corrected chi connectivity index (χ3v) is 5.13. The zero-order valence-electron chi connectivity index (χ0n) is 12.3. The number of nitrogens with one attached hydrogen (secondary N) is 2. The Labute approximate surface area is 143 Å². The Hall–Kier alpha value is -0.900. The van der Waals surface area contributed by atoms with Crippen molar-refractivity contribution in [1.82, 2.24) is 15.5 Å². The minimum Gasteiger partial charge on any atom is -0.465 e. The number of hydrogen-bond donors (Lipinski definition) is 2. The van der Waals surface area contributed by atoms with Crippen LogP contribution >= 0.6 is 35.5 Å². The van der Waals surface area contributed by atoms with Crippen LogP contribution in [-0.4, -0.2) is 47.5 Å². The smallest absolute Gasteiger partial charge is 0.316 e. The molecule has 0 spiro atoms. The lowest BCUT2D eigenvalue weighted by atomic mass is 9.88. The van der Waals surface area contributed by atoms with Crippen LogP contribution < -0.4 is 10.6 Å². The van der Waals surface area contributed by atoms with E-state index in [1.165, 1.54) is 23.1 Å². The molecule has 0 saturated carbocycles. The molecule has 1 aromatic rings. The summed E-state index contributed by atoms with van der Waals surface area (Å²) in [4.78, 5) is 23.3. The standard InChI is InChI=1S/C12H18N4O3S2.ClH/c1-3-19-9(17)6-20-12-16-15-11(21-12)14-10(18)7(2)8-4-13-5-8;/h7-8,13H,3-6H2,1-2H3,(H,14,15,18);1H. The molecule has 1 aromatic heterocycles. The number of carbonyl (C=O) groups excluding carboxylic acids is 2. The van der Waals surface area contributed by atoms with Crippen LogP contribution in [0.15, 0.2) is 4.34 Å². The summed E-state index contributed by atoms with van der Waals surface area (Å²) >= 11 is 2.52. The summed E-state index contributed by atoms with van der Waals surface area (Å²) in [5.74, 6) is 0.205. The molecule has 0 radical (unpaired) electrons. The van der Waals surface area contributed by atoms with Gasteiger partial charge in [0.2, 0.25) is 11.0 Å². The molecule has 2 rings (SSSR count). The first-order valence-corrected chi connectivity index (χ1v) is 8.54. The second kappa shape index (κ2) is 9.29. The van der Waals surface area contributed by atoms with E-state index in [4.69, 9.17) is 4.74 Å². The van der Waals surface area contributed by atoms with E-state index >= 15 is 0 Å². The molecule has 2 N–H and O–H groups in total. The molecule has 1 amide bonds. The fraction of sp³-hybridized carbons (Fsp3) is 0.667. The van der Waals surface area contributed by atoms with E-state index in [2.05, 4.69) is 20.8 Å². The van der Waals surface area contributed by atoms with Crippen LogP contribution in [0.4, 0.5) is 5.13 Å². The first kappa shape index (κ1) is 19.1. The summed E-state index contributed by atoms with van der Waals surface area (Å²) in [5, 5.41) is 14.2. The summed E-state index contributed by atoms with van der Waals surface area (Å²) in [6.07, 6.45) is 0. The summed E-state index contributed by atoms with van der Waals surface area (Å²) in [5.41, 5.74) is 0. The molecule has 2 heterocycles. The molecule has 22 heavy (non-hydrogen) atoms. The molecule has 1 aliphatic heterocycles. The molecular formula is C12H19ClN4O3S2. The Kier molecular flexibility index (Phi) is 8.08. The van der Waals surface area contributed by atoms with Gasteiger partial charge in [-0.15, -0.1) is 22.6 Å². The third-order valence-electron chi connectivity index (χ3n) is 3.19. The Bertz CT molecular complexity index is 510. The van der Waals surface area contributed by atoms with Crippen molar-refractivity contribution in [2.24, 2.45) is 11.8 Å². The van der Waals surface area contributed by atoms with Crippen molar-refractivity contribution in [2.75, 3.05) is 30.8 Å². The van der Waals surface area contributed by atoms with Crippen molar-refractivity contribution in [3.63, 3.8) is 0 Å². The molecule has 1 atom stereocenters. The second-order valence-electron chi connectivity index (χ2n) is 4.66. The summed E-state index contributed by atoms with van der Waals surface area (Å²) in [6, 6.07) is 0. The van der Waals surface area contributed by atoms with Gasteiger partial charge in [-0.25, -0.2) is 0 Å². The van der Waals surface area contributed by atoms with E-state index in [9.17, 15) is 9.59 Å². The molecular weight excluding hydrogens is 348 g/mol. The Balaban J connectivity index is 0.00000242. The number of halogens is 1. The molecule has 0 aliphatic carbocycles. The van der Waals surface area contributed by atoms with Crippen LogP contribution in [0.25, 0.3) is 0 Å². The van der Waals surface area contributed by atoms with Crippen molar-refractivity contribution in [3.8, 4) is 0 Å². The molecule has 1 unspecified atom stereocenters. The summed E-state index contributed by atoms with van der Waals surface area (Å²) in [7, 11) is 0. The largest absolute Gasteiger partial charge is 0.465 e. The average Bonchev–Trinajstić information content (AvgIpc) is 2.82. The van der Waals surface area contributed by atoms with Crippen molar-refractivity contribution in [2.45, 2.75) is 18.2 Å². The van der Waals surface area contributed by atoms with Crippen LogP contribution in [-0.2, 0) is 14.3 Å². The second-order valence-corrected chi connectivity index (χ2v) is 6.86. The van der Waals surface area contributed by atoms with Gasteiger partial charge in [-0.05, 0) is 25.9 Å². The van der Waals surface area contributed by atoms with Crippen LogP contribution in [0, 0.1) is 11.8 Å². The number of thioether (sulfide) groups is 1. The fourth-order valence-electron chi connectivity index (χ4n) is 1.74. The van der Waals surface area contributed by atoms with Crippen LogP contribution in [0.2, 0.25) is 0 Å². The predicted molar refractivity (Wildman–Crippen MR) is 88.7 cm³/mol. The molecule has 124 valence electrons. The average molecular weight is 367 g/mol. The summed E-state index contributed by atoms with van der Waals surface area (Å²) in [6.45, 7) is 5.81. The number of hydrogen-bond acceptors (Lipinski definition) is 8. The Morgan fingerprint density at radius 2 is 2.23 bits per heavy atom. The molecule has 0 aromatic carbocycles. The molecule has 1 aliphatic rings. The van der Waals surface area contributed by atoms with Gasteiger partial charge in [0.15, 0.2) is 4.34 Å². The maximum atomic E-state index is 12.0. The lowest BCUT2D eigenvalue weighted by Crippen LogP contribution is -2.48. The number of aromatic nitrogens is 2. The zero-order chi connectivity index (χ0) is 15.2. The van der Waals surface area contributed by atoms with Gasteiger partial charge in [0.05, 0.1) is 12.4 Å². The molecule has 1 saturated heterocycles. The minimum atomic E-state index is -0.283. The highest BCUT2D eigenvalue weighted by atomic mass is 35.5. The normalized spacial score (nSPS) is 15.4. The highest BCUT2D eigenvalue weighted by Gasteiger charge is 2.29. The van der Waals surface area contributed by atoms with Gasteiger partial charge in [-0.2, -0.15) is 0 Å². The summed E-state index contributed by atoms with van der Waals surface area (Å²) < 4.78 is 5.47. The number of amides is 1. The minimum absolute atomic E-state index is 0. The highest BCUT2D eigenvalue weighted by molar-refractivity contribution is 8.01. The van der Waals surface area contributed by atoms with Crippen LogP contribution in [0.1, 0.15) is 13.8 Å². The van der Waals surface area contributed by atoms with Crippen molar-refractivity contribution >= 4 is 52.5 Å². The third kappa shape index (κ3) is 5.38. The number of ether oxygens (including phenoxy) is 1. The van der Waals surface area contributed by atoms with Gasteiger partial charge in [0.1, 0.15) is 0 Å². The lowest BCUT2D eigenvalue weighted by molar-refractivity contribution is -0.139. The molecule has 10 heteroatoms. The number of nitrogens with zero attached hydrogens (tertiary/aromatic N) is 2. The molecule has 7 nitrogen and oxygen atoms in total. The van der Waals surface area contributed by atoms with E-state index in [0.29, 0.717) is 22.0 Å². The first-order valence-electron chi connectivity index (χ1n) is 6.73. The van der Waals surface area contributed by atoms with E-state index in [1.54, 1.807) is 6.92 Å². The van der Waals surface area contributed by atoms with Crippen molar-refractivity contribution in [1.29, 1.82) is 0 Å². The number of anilines is 1. The zero-order valence-corrected chi connectivity index (χ0v) is 14.8. The first-order chi connectivity index (χ1) is 10.1. The van der Waals surface area contributed by atoms with E-state index in [1.807, 2.05) is 6.92 Å². The van der Waals surface area contributed by atoms with Gasteiger partial charge in [-0.1, -0.05) is 30.0 Å². The molecule has 1 fully saturated rings. The number of rotatable bonds is 7. The van der Waals surface area contributed by atoms with E-state index < -0.39 is 0 Å². The lowest BCUT2D eigenvalue weighted by Gasteiger charge is -2.31. The van der Waals surface area contributed by atoms with Crippen molar-refractivity contribution < 1.29 is 14.3 Å². The van der Waals surface area contributed by atoms with E-state index in [-0.39, 0.29) is 36.0 Å². The van der Waals surface area contributed by atoms with Gasteiger partial charge >= 0.3 is 5.97 Å². The monoisotopic (exact) mass is 366 g/mol. The van der Waals surface area contributed by atoms with Gasteiger partial charge < -0.3 is 15.4 Å². The maximum absolute atomic E-state index is 12.0. The quantitative estimate of drug-likeness (QED) is 0.428. The van der Waals surface area contributed by atoms with Crippen LogP contribution in [0.3, 0.4) is 0 Å². The topological polar surface area (TPSA) is 93.2 Å². The van der Waals surface area contributed by atoms with E-state index in [0.717, 1.165) is 13.1 Å². The number of carbonyl (C=O) groups is 2. The van der Waals surface area contributed by atoms with Crippen LogP contribution in [0.5, 0.6) is 0 Å². The Morgan fingerprint density at radius 3 is 2.82 bits per heavy atom. The van der Waals surface area contributed by atoms with Gasteiger partial charge in [0.25, 0.3) is 0 Å². The fourth-order valence-corrected chi connectivity index (χ4v) is 3.29. The number of esters is 1. The van der Waals surface area contributed by atoms with Gasteiger partial charge in [-0.3, -0.25) is 9.59 Å².